The number of aromatic nitrogens is 2. The maximum absolute atomic E-state index is 11.0. The zero-order valence-corrected chi connectivity index (χ0v) is 23.8. The second-order valence-corrected chi connectivity index (χ2v) is 10.9. The molecule has 0 saturated carbocycles. The van der Waals surface area contributed by atoms with Gasteiger partial charge in [-0.2, -0.15) is 5.26 Å². The summed E-state index contributed by atoms with van der Waals surface area (Å²) in [5.41, 5.74) is 15.9. The van der Waals surface area contributed by atoms with Crippen LogP contribution in [-0.4, -0.2) is 15.3 Å². The van der Waals surface area contributed by atoms with E-state index in [1.165, 1.54) is 6.21 Å². The molecule has 0 amide bonds. The molecule has 0 aliphatic heterocycles. The van der Waals surface area contributed by atoms with E-state index in [9.17, 15) is 5.26 Å². The third-order valence-corrected chi connectivity index (χ3v) is 8.71. The predicted octanol–water partition coefficient (Wildman–Crippen LogP) is 8.88. The first-order valence-electron chi connectivity index (χ1n) is 14.6. The molecule has 2 heterocycles. The van der Waals surface area contributed by atoms with Gasteiger partial charge < -0.3 is 20.3 Å². The molecule has 0 bridgehead atoms. The van der Waals surface area contributed by atoms with Gasteiger partial charge >= 0.3 is 0 Å². The van der Waals surface area contributed by atoms with E-state index < -0.39 is 0 Å². The number of nitrogens with two attached hydrogens (primary N) is 1. The van der Waals surface area contributed by atoms with Crippen LogP contribution in [-0.2, 0) is 6.54 Å². The second kappa shape index (κ2) is 10.1. The van der Waals surface area contributed by atoms with Gasteiger partial charge in [0.1, 0.15) is 6.07 Å². The van der Waals surface area contributed by atoms with Gasteiger partial charge in [0.15, 0.2) is 0 Å². The quantitative estimate of drug-likeness (QED) is 0.204. The molecule has 208 valence electrons. The van der Waals surface area contributed by atoms with Crippen molar-refractivity contribution in [2.45, 2.75) is 6.54 Å². The van der Waals surface area contributed by atoms with Gasteiger partial charge in [0.25, 0.3) is 0 Å². The highest BCUT2D eigenvalue weighted by Gasteiger charge is 2.29. The SMILES string of the molecule is N#Cc1c(-c2ccccc2)c(C=N)c(-n2c3ccccc3c3ccccc32)c(CN)c1-n1c2ccccc2c2ccccc21. The Morgan fingerprint density at radius 1 is 0.591 bits per heavy atom. The lowest BCUT2D eigenvalue weighted by atomic mass is 9.88. The summed E-state index contributed by atoms with van der Waals surface area (Å²) in [5.74, 6) is 0. The minimum atomic E-state index is 0.164. The number of fused-ring (bicyclic) bond motifs is 6. The second-order valence-electron chi connectivity index (χ2n) is 10.9. The van der Waals surface area contributed by atoms with Crippen molar-refractivity contribution < 1.29 is 0 Å². The van der Waals surface area contributed by atoms with Gasteiger partial charge in [0.2, 0.25) is 0 Å². The molecule has 3 N–H and O–H groups in total. The van der Waals surface area contributed by atoms with Crippen molar-refractivity contribution in [3.63, 3.8) is 0 Å². The highest BCUT2D eigenvalue weighted by atomic mass is 15.0. The molecule has 0 radical (unpaired) electrons. The number of hydrogen-bond donors (Lipinski definition) is 2. The summed E-state index contributed by atoms with van der Waals surface area (Å²) < 4.78 is 4.43. The van der Waals surface area contributed by atoms with Crippen LogP contribution in [0.1, 0.15) is 16.7 Å². The van der Waals surface area contributed by atoms with Gasteiger partial charge in [0.05, 0.1) is 39.0 Å². The molecule has 0 saturated heterocycles. The first kappa shape index (κ1) is 25.7. The molecule has 44 heavy (non-hydrogen) atoms. The molecule has 0 aliphatic carbocycles. The number of hydrogen-bond acceptors (Lipinski definition) is 3. The van der Waals surface area contributed by atoms with Crippen LogP contribution in [0.4, 0.5) is 0 Å². The van der Waals surface area contributed by atoms with Crippen molar-refractivity contribution in [2.24, 2.45) is 5.73 Å². The normalized spacial score (nSPS) is 11.5. The Morgan fingerprint density at radius 3 is 1.41 bits per heavy atom. The Hall–Kier alpha value is -5.96. The molecule has 0 unspecified atom stereocenters. The number of benzene rings is 6. The molecule has 8 rings (SSSR count). The zero-order valence-electron chi connectivity index (χ0n) is 23.8. The number of para-hydroxylation sites is 4. The molecular formula is C39H27N5. The largest absolute Gasteiger partial charge is 0.326 e. The topological polar surface area (TPSA) is 83.5 Å². The van der Waals surface area contributed by atoms with Crippen molar-refractivity contribution in [1.82, 2.24) is 9.13 Å². The first-order chi connectivity index (χ1) is 21.8. The van der Waals surface area contributed by atoms with Gasteiger partial charge in [-0.25, -0.2) is 0 Å². The van der Waals surface area contributed by atoms with Gasteiger partial charge in [-0.1, -0.05) is 103 Å². The summed E-state index contributed by atoms with van der Waals surface area (Å²) >= 11 is 0. The Labute approximate surface area is 254 Å². The van der Waals surface area contributed by atoms with Crippen molar-refractivity contribution >= 4 is 49.8 Å². The monoisotopic (exact) mass is 565 g/mol. The molecule has 0 aliphatic rings. The molecule has 5 heteroatoms. The number of rotatable bonds is 5. The third kappa shape index (κ3) is 3.53. The van der Waals surface area contributed by atoms with Gasteiger partial charge in [-0.15, -0.1) is 0 Å². The van der Waals surface area contributed by atoms with Crippen molar-refractivity contribution in [3.05, 3.63) is 144 Å². The molecular weight excluding hydrogens is 538 g/mol. The Kier molecular flexibility index (Phi) is 5.90. The smallest absolute Gasteiger partial charge is 0.102 e. The number of nitrogens with one attached hydrogen (secondary N) is 1. The molecule has 0 atom stereocenters. The van der Waals surface area contributed by atoms with E-state index in [0.29, 0.717) is 16.7 Å². The van der Waals surface area contributed by atoms with Crippen LogP contribution < -0.4 is 5.73 Å². The van der Waals surface area contributed by atoms with E-state index in [-0.39, 0.29) is 6.54 Å². The Bertz CT molecular complexity index is 2350. The van der Waals surface area contributed by atoms with Gasteiger partial charge in [0, 0.05) is 51.0 Å². The van der Waals surface area contributed by atoms with Gasteiger partial charge in [-0.3, -0.25) is 0 Å². The molecule has 2 aromatic heterocycles. The van der Waals surface area contributed by atoms with Crippen LogP contribution in [0.25, 0.3) is 66.1 Å². The van der Waals surface area contributed by atoms with Crippen LogP contribution in [0, 0.1) is 16.7 Å². The molecule has 0 fully saturated rings. The average Bonchev–Trinajstić information content (AvgIpc) is 3.60. The summed E-state index contributed by atoms with van der Waals surface area (Å²) in [6.07, 6.45) is 1.39. The summed E-state index contributed by atoms with van der Waals surface area (Å²) in [6.45, 7) is 0.164. The lowest BCUT2D eigenvalue weighted by Gasteiger charge is -2.25. The van der Waals surface area contributed by atoms with Gasteiger partial charge in [-0.05, 0) is 29.8 Å². The fourth-order valence-corrected chi connectivity index (χ4v) is 6.97. The van der Waals surface area contributed by atoms with Crippen LogP contribution in [0.2, 0.25) is 0 Å². The standard InChI is InChI=1S/C39H27N5/c40-22-30-37(25-12-2-1-3-13-25)31(23-41)39(44-35-20-10-6-16-28(35)29-17-7-11-21-36(29)44)32(24-42)38(30)43-33-18-8-4-14-26(33)27-15-5-9-19-34(27)43/h1-22,40H,24,42H2. The minimum Gasteiger partial charge on any atom is -0.326 e. The molecule has 0 spiro atoms. The molecule has 6 aromatic carbocycles. The molecule has 8 aromatic rings. The van der Waals surface area contributed by atoms with Crippen LogP contribution >= 0.6 is 0 Å². The first-order valence-corrected chi connectivity index (χ1v) is 14.6. The summed E-state index contributed by atoms with van der Waals surface area (Å²) in [5, 5.41) is 24.3. The predicted molar refractivity (Wildman–Crippen MR) is 181 cm³/mol. The van der Waals surface area contributed by atoms with Crippen LogP contribution in [0.15, 0.2) is 127 Å². The van der Waals surface area contributed by atoms with E-state index in [1.807, 2.05) is 66.7 Å². The maximum Gasteiger partial charge on any atom is 0.102 e. The van der Waals surface area contributed by atoms with Crippen molar-refractivity contribution in [3.8, 4) is 28.6 Å². The van der Waals surface area contributed by atoms with Crippen molar-refractivity contribution in [2.75, 3.05) is 0 Å². The number of nitrogens with zero attached hydrogens (tertiary/aromatic N) is 3. The Balaban J connectivity index is 1.67. The average molecular weight is 566 g/mol. The minimum absolute atomic E-state index is 0.164. The lowest BCUT2D eigenvalue weighted by molar-refractivity contribution is 0.986. The molecule has 5 nitrogen and oxygen atoms in total. The fourth-order valence-electron chi connectivity index (χ4n) is 6.97. The number of nitriles is 1. The third-order valence-electron chi connectivity index (χ3n) is 8.71. The Morgan fingerprint density at radius 2 is 1.00 bits per heavy atom. The summed E-state index contributed by atoms with van der Waals surface area (Å²) in [7, 11) is 0. The highest BCUT2D eigenvalue weighted by molar-refractivity contribution is 6.13. The summed E-state index contributed by atoms with van der Waals surface area (Å²) in [4.78, 5) is 0. The zero-order chi connectivity index (χ0) is 29.8. The van der Waals surface area contributed by atoms with E-state index in [1.54, 1.807) is 0 Å². The van der Waals surface area contributed by atoms with Crippen LogP contribution in [0.3, 0.4) is 0 Å². The van der Waals surface area contributed by atoms with E-state index >= 15 is 0 Å². The fraction of sp³-hybridized carbons (Fsp3) is 0.0256. The highest BCUT2D eigenvalue weighted by Crippen LogP contribution is 2.44. The lowest BCUT2D eigenvalue weighted by Crippen LogP contribution is -2.16. The van der Waals surface area contributed by atoms with E-state index in [0.717, 1.165) is 66.1 Å². The van der Waals surface area contributed by atoms with Crippen molar-refractivity contribution in [1.29, 1.82) is 10.7 Å². The maximum atomic E-state index is 11.0. The summed E-state index contributed by atoms with van der Waals surface area (Å²) in [6, 6.07) is 45.8. The van der Waals surface area contributed by atoms with E-state index in [2.05, 4.69) is 75.9 Å². The van der Waals surface area contributed by atoms with E-state index in [4.69, 9.17) is 11.1 Å². The van der Waals surface area contributed by atoms with Crippen LogP contribution in [0.5, 0.6) is 0 Å².